The summed E-state index contributed by atoms with van der Waals surface area (Å²) in [6, 6.07) is 29.1. The Labute approximate surface area is 255 Å². The summed E-state index contributed by atoms with van der Waals surface area (Å²) in [7, 11) is 0. The number of benzene rings is 4. The van der Waals surface area contributed by atoms with Crippen molar-refractivity contribution < 1.29 is 0 Å². The Morgan fingerprint density at radius 3 is 1.63 bits per heavy atom. The van der Waals surface area contributed by atoms with E-state index in [1.54, 1.807) is 0 Å². The first-order valence-electron chi connectivity index (χ1n) is 14.6. The lowest BCUT2D eigenvalue weighted by atomic mass is 9.62. The summed E-state index contributed by atoms with van der Waals surface area (Å²) < 4.78 is 0. The second kappa shape index (κ2) is 10.0. The average molecular weight is 578 g/mol. The smallest absolute Gasteiger partial charge is 0.0670 e. The number of fused-ring (bicyclic) bond motifs is 3. The standard InChI is InChI=1S/C39H38Cl2/c1-37(2,3)29-12-11-25-21-35-34(33(25)22-29)23-30(38(4,5)6)24-36(35)39(26-9-7-8-10-26,27-13-17-31(40)18-14-27)28-15-19-32(41)20-16-28/h7-9,11-20,22-24H,10,21H2,1-6H3. The molecule has 0 N–H and O–H groups in total. The van der Waals surface area contributed by atoms with Crippen LogP contribution in [0.25, 0.3) is 11.1 Å². The predicted octanol–water partition coefficient (Wildman–Crippen LogP) is 11.4. The van der Waals surface area contributed by atoms with Crippen molar-refractivity contribution in [1.82, 2.24) is 0 Å². The maximum absolute atomic E-state index is 6.48. The van der Waals surface area contributed by atoms with Gasteiger partial charge in [0.05, 0.1) is 5.41 Å². The highest BCUT2D eigenvalue weighted by molar-refractivity contribution is 6.30. The first-order chi connectivity index (χ1) is 19.4. The molecule has 2 aliphatic carbocycles. The van der Waals surface area contributed by atoms with Crippen molar-refractivity contribution in [3.05, 3.63) is 152 Å². The quantitative estimate of drug-likeness (QED) is 0.186. The Hall–Kier alpha value is -3.06. The molecule has 41 heavy (non-hydrogen) atoms. The van der Waals surface area contributed by atoms with Gasteiger partial charge >= 0.3 is 0 Å². The predicted molar refractivity (Wildman–Crippen MR) is 177 cm³/mol. The Balaban J connectivity index is 1.75. The van der Waals surface area contributed by atoms with Crippen LogP contribution in [-0.4, -0.2) is 0 Å². The van der Waals surface area contributed by atoms with E-state index in [2.05, 4.69) is 114 Å². The van der Waals surface area contributed by atoms with E-state index in [-0.39, 0.29) is 10.8 Å². The molecule has 2 heteroatoms. The normalized spacial score (nSPS) is 14.7. The summed E-state index contributed by atoms with van der Waals surface area (Å²) >= 11 is 13.0. The molecule has 4 aromatic carbocycles. The molecule has 0 amide bonds. The second-order valence-electron chi connectivity index (χ2n) is 13.7. The molecular formula is C39H38Cl2. The number of halogens is 2. The number of rotatable bonds is 4. The van der Waals surface area contributed by atoms with E-state index in [9.17, 15) is 0 Å². The third-order valence-electron chi connectivity index (χ3n) is 8.96. The molecule has 0 fully saturated rings. The van der Waals surface area contributed by atoms with Crippen LogP contribution < -0.4 is 0 Å². The van der Waals surface area contributed by atoms with Gasteiger partial charge < -0.3 is 0 Å². The molecule has 0 saturated heterocycles. The van der Waals surface area contributed by atoms with Crippen molar-refractivity contribution in [1.29, 1.82) is 0 Å². The van der Waals surface area contributed by atoms with Crippen LogP contribution in [-0.2, 0) is 22.7 Å². The van der Waals surface area contributed by atoms with Crippen LogP contribution in [0.15, 0.2) is 103 Å². The molecule has 208 valence electrons. The van der Waals surface area contributed by atoms with E-state index >= 15 is 0 Å². The van der Waals surface area contributed by atoms with Crippen LogP contribution in [0.1, 0.15) is 86.9 Å². The van der Waals surface area contributed by atoms with Crippen LogP contribution in [0.2, 0.25) is 10.0 Å². The van der Waals surface area contributed by atoms with Gasteiger partial charge in [0.1, 0.15) is 0 Å². The van der Waals surface area contributed by atoms with Gasteiger partial charge in [0.15, 0.2) is 0 Å². The maximum Gasteiger partial charge on any atom is 0.0670 e. The Morgan fingerprint density at radius 1 is 0.585 bits per heavy atom. The molecule has 0 bridgehead atoms. The molecule has 0 nitrogen and oxygen atoms in total. The second-order valence-corrected chi connectivity index (χ2v) is 14.6. The van der Waals surface area contributed by atoms with Crippen molar-refractivity contribution >= 4 is 23.2 Å². The van der Waals surface area contributed by atoms with Gasteiger partial charge in [0.25, 0.3) is 0 Å². The van der Waals surface area contributed by atoms with Crippen LogP contribution in [0.3, 0.4) is 0 Å². The van der Waals surface area contributed by atoms with E-state index < -0.39 is 5.41 Å². The van der Waals surface area contributed by atoms with Crippen LogP contribution >= 0.6 is 23.2 Å². The third-order valence-corrected chi connectivity index (χ3v) is 9.46. The van der Waals surface area contributed by atoms with Crippen LogP contribution in [0.4, 0.5) is 0 Å². The van der Waals surface area contributed by atoms with E-state index in [1.165, 1.54) is 55.6 Å². The zero-order valence-electron chi connectivity index (χ0n) is 24.9. The number of hydrogen-bond acceptors (Lipinski definition) is 0. The first kappa shape index (κ1) is 28.1. The fourth-order valence-corrected chi connectivity index (χ4v) is 6.91. The molecule has 2 aliphatic rings. The lowest BCUT2D eigenvalue weighted by Crippen LogP contribution is -2.33. The topological polar surface area (TPSA) is 0 Å². The molecule has 0 heterocycles. The minimum absolute atomic E-state index is 0.0256. The zero-order chi connectivity index (χ0) is 29.2. The Kier molecular flexibility index (Phi) is 6.88. The monoisotopic (exact) mass is 576 g/mol. The van der Waals surface area contributed by atoms with E-state index in [1.807, 2.05) is 24.3 Å². The van der Waals surface area contributed by atoms with Crippen molar-refractivity contribution in [3.8, 4) is 11.1 Å². The van der Waals surface area contributed by atoms with Crippen molar-refractivity contribution in [2.24, 2.45) is 0 Å². The van der Waals surface area contributed by atoms with Crippen LogP contribution in [0, 0.1) is 0 Å². The molecule has 0 aromatic heterocycles. The highest BCUT2D eigenvalue weighted by atomic mass is 35.5. The van der Waals surface area contributed by atoms with Crippen molar-refractivity contribution in [2.45, 2.75) is 70.6 Å². The van der Waals surface area contributed by atoms with Crippen LogP contribution in [0.5, 0.6) is 0 Å². The maximum atomic E-state index is 6.48. The molecular weight excluding hydrogens is 539 g/mol. The summed E-state index contributed by atoms with van der Waals surface area (Å²) in [5.74, 6) is 0. The fraction of sp³-hybridized carbons (Fsp3) is 0.282. The highest BCUT2D eigenvalue weighted by Crippen LogP contribution is 2.54. The molecule has 0 atom stereocenters. The SMILES string of the molecule is CC(C)(C)c1ccc2c(c1)-c1cc(C(C)(C)C)cc(C(C3=CC=CC3)(c3ccc(Cl)cc3)c3ccc(Cl)cc3)c1C2. The van der Waals surface area contributed by atoms with Gasteiger partial charge in [-0.1, -0.05) is 138 Å². The van der Waals surface area contributed by atoms with E-state index in [4.69, 9.17) is 23.2 Å². The molecule has 4 aromatic rings. The van der Waals surface area contributed by atoms with Gasteiger partial charge in [-0.05, 0) is 104 Å². The van der Waals surface area contributed by atoms with Crippen molar-refractivity contribution in [2.75, 3.05) is 0 Å². The lowest BCUT2D eigenvalue weighted by Gasteiger charge is -2.40. The molecule has 6 rings (SSSR count). The summed E-state index contributed by atoms with van der Waals surface area (Å²) in [6.45, 7) is 13.9. The van der Waals surface area contributed by atoms with E-state index in [0.717, 1.165) is 22.9 Å². The summed E-state index contributed by atoms with van der Waals surface area (Å²) in [4.78, 5) is 0. The summed E-state index contributed by atoms with van der Waals surface area (Å²) in [6.07, 6.45) is 8.60. The van der Waals surface area contributed by atoms with Gasteiger partial charge in [-0.25, -0.2) is 0 Å². The highest BCUT2D eigenvalue weighted by Gasteiger charge is 2.44. The third kappa shape index (κ3) is 4.80. The van der Waals surface area contributed by atoms with E-state index in [0.29, 0.717) is 0 Å². The van der Waals surface area contributed by atoms with Gasteiger partial charge in [-0.3, -0.25) is 0 Å². The minimum atomic E-state index is -0.501. The molecule has 0 saturated carbocycles. The Morgan fingerprint density at radius 2 is 1.12 bits per heavy atom. The average Bonchev–Trinajstić information content (AvgIpc) is 3.58. The molecule has 0 unspecified atom stereocenters. The largest absolute Gasteiger partial charge is 0.0843 e. The fourth-order valence-electron chi connectivity index (χ4n) is 6.66. The van der Waals surface area contributed by atoms with Gasteiger partial charge in [0, 0.05) is 10.0 Å². The molecule has 0 spiro atoms. The van der Waals surface area contributed by atoms with Gasteiger partial charge in [-0.15, -0.1) is 0 Å². The van der Waals surface area contributed by atoms with Crippen molar-refractivity contribution in [3.63, 3.8) is 0 Å². The zero-order valence-corrected chi connectivity index (χ0v) is 26.4. The van der Waals surface area contributed by atoms with Gasteiger partial charge in [-0.2, -0.15) is 0 Å². The Bertz CT molecular complexity index is 1640. The number of hydrogen-bond donors (Lipinski definition) is 0. The summed E-state index contributed by atoms with van der Waals surface area (Å²) in [5.41, 5.74) is 13.0. The first-order valence-corrected chi connectivity index (χ1v) is 15.3. The molecule has 0 aliphatic heterocycles. The lowest BCUT2D eigenvalue weighted by molar-refractivity contribution is 0.586. The number of allylic oxidation sites excluding steroid dienone is 4. The van der Waals surface area contributed by atoms with Gasteiger partial charge in [0.2, 0.25) is 0 Å². The minimum Gasteiger partial charge on any atom is -0.0843 e. The molecule has 0 radical (unpaired) electrons. The summed E-state index contributed by atoms with van der Waals surface area (Å²) in [5, 5.41) is 1.49.